The molecule has 346 valence electrons. The Labute approximate surface area is 422 Å². The van der Waals surface area contributed by atoms with Crippen LogP contribution < -0.4 is 20.5 Å². The van der Waals surface area contributed by atoms with Crippen molar-refractivity contribution >= 4 is 110 Å². The molecule has 0 unspecified atom stereocenters. The minimum Gasteiger partial charge on any atom is -0.355 e. The summed E-state index contributed by atoms with van der Waals surface area (Å²) >= 11 is 4.01. The van der Waals surface area contributed by atoms with Gasteiger partial charge in [0.25, 0.3) is 0 Å². The average molecular weight is 945 g/mol. The Hall–Kier alpha value is -6.14. The number of benzene rings is 8. The molecule has 0 fully saturated rings. The number of nitrogens with zero attached hydrogens (tertiary/aromatic N) is 1. The Balaban J connectivity index is 1.12. The predicted molar refractivity (Wildman–Crippen MR) is 309 cm³/mol. The fourth-order valence-corrected chi connectivity index (χ4v) is 15.1. The molecule has 0 saturated heterocycles. The van der Waals surface area contributed by atoms with Crippen LogP contribution in [0.1, 0.15) is 109 Å². The van der Waals surface area contributed by atoms with Crippen molar-refractivity contribution in [3.8, 4) is 22.3 Å². The number of hydrogen-bond acceptors (Lipinski definition) is 4. The van der Waals surface area contributed by atoms with Gasteiger partial charge >= 0.3 is 0 Å². The SMILES string of the molecule is Cc1cc2c(cc1N1c3c(sc4cc5c(cc34)C(C)(C)CCC5(C)C)Bc3c(-c4cc5ccccc5cc4Nc4ccc(-c5ccccc5)cc4)cc4c(sc5ccccc54)c31)C(C)(C)CCC2(C)C. The minimum atomic E-state index is 0.0554. The zero-order valence-corrected chi connectivity index (χ0v) is 43.8. The number of nitrogens with one attached hydrogen (secondary N) is 1. The van der Waals surface area contributed by atoms with E-state index < -0.39 is 0 Å². The van der Waals surface area contributed by atoms with Crippen LogP contribution in [0, 0.1) is 6.92 Å². The van der Waals surface area contributed by atoms with Gasteiger partial charge in [0.2, 0.25) is 7.28 Å². The van der Waals surface area contributed by atoms with Gasteiger partial charge in [0.1, 0.15) is 0 Å². The molecule has 8 aromatic carbocycles. The van der Waals surface area contributed by atoms with Crippen LogP contribution in [0.25, 0.3) is 63.3 Å². The highest BCUT2D eigenvalue weighted by molar-refractivity contribution is 7.30. The fraction of sp³-hybridized carbons (Fsp3) is 0.262. The third kappa shape index (κ3) is 6.78. The first kappa shape index (κ1) is 43.9. The molecule has 0 radical (unpaired) electrons. The van der Waals surface area contributed by atoms with E-state index in [-0.39, 0.29) is 21.7 Å². The third-order valence-electron chi connectivity index (χ3n) is 17.1. The van der Waals surface area contributed by atoms with Gasteiger partial charge in [-0.25, -0.2) is 0 Å². The van der Waals surface area contributed by atoms with Gasteiger partial charge in [0.15, 0.2) is 0 Å². The first-order valence-corrected chi connectivity index (χ1v) is 27.2. The van der Waals surface area contributed by atoms with Crippen molar-refractivity contribution in [1.82, 2.24) is 0 Å². The quantitative estimate of drug-likeness (QED) is 0.173. The lowest BCUT2D eigenvalue weighted by molar-refractivity contribution is 0.332. The van der Waals surface area contributed by atoms with Crippen LogP contribution in [0.5, 0.6) is 0 Å². The van der Waals surface area contributed by atoms with E-state index in [9.17, 15) is 0 Å². The summed E-state index contributed by atoms with van der Waals surface area (Å²) in [5.41, 5.74) is 20.4. The molecular weight excluding hydrogens is 884 g/mol. The first-order valence-electron chi connectivity index (χ1n) is 25.5. The molecule has 0 bridgehead atoms. The third-order valence-corrected chi connectivity index (χ3v) is 19.4. The molecule has 13 rings (SSSR count). The molecule has 10 aromatic rings. The normalized spacial score (nSPS) is 17.2. The van der Waals surface area contributed by atoms with Gasteiger partial charge in [-0.05, 0) is 174 Å². The number of thiophene rings is 2. The summed E-state index contributed by atoms with van der Waals surface area (Å²) in [5.74, 6) is 0. The van der Waals surface area contributed by atoms with Gasteiger partial charge in [-0.1, -0.05) is 146 Å². The summed E-state index contributed by atoms with van der Waals surface area (Å²) in [6.45, 7) is 22.2. The molecule has 2 aliphatic carbocycles. The van der Waals surface area contributed by atoms with E-state index >= 15 is 0 Å². The van der Waals surface area contributed by atoms with Crippen molar-refractivity contribution in [2.24, 2.45) is 0 Å². The molecule has 3 aliphatic rings. The van der Waals surface area contributed by atoms with Gasteiger partial charge < -0.3 is 10.2 Å². The van der Waals surface area contributed by atoms with Crippen LogP contribution in [-0.2, 0) is 21.7 Å². The summed E-state index contributed by atoms with van der Waals surface area (Å²) in [4.78, 5) is 2.80. The number of aryl methyl sites for hydroxylation is 1. The van der Waals surface area contributed by atoms with Crippen LogP contribution in [0.3, 0.4) is 0 Å². The van der Waals surface area contributed by atoms with Crippen molar-refractivity contribution in [2.75, 3.05) is 10.2 Å². The highest BCUT2D eigenvalue weighted by Crippen LogP contribution is 2.56. The van der Waals surface area contributed by atoms with E-state index in [0.717, 1.165) is 18.7 Å². The second kappa shape index (κ2) is 15.4. The minimum absolute atomic E-state index is 0.0554. The van der Waals surface area contributed by atoms with Gasteiger partial charge in [0, 0.05) is 48.2 Å². The number of hydrogen-bond donors (Lipinski definition) is 1. The summed E-state index contributed by atoms with van der Waals surface area (Å²) < 4.78 is 5.56. The van der Waals surface area contributed by atoms with E-state index in [1.807, 2.05) is 22.7 Å². The lowest BCUT2D eigenvalue weighted by Crippen LogP contribution is -2.40. The maximum Gasteiger partial charge on any atom is 0.211 e. The zero-order chi connectivity index (χ0) is 48.1. The molecule has 0 atom stereocenters. The van der Waals surface area contributed by atoms with Gasteiger partial charge in [-0.15, -0.1) is 22.7 Å². The smallest absolute Gasteiger partial charge is 0.211 e. The molecule has 1 N–H and O–H groups in total. The highest BCUT2D eigenvalue weighted by Gasteiger charge is 2.42. The number of anilines is 5. The van der Waals surface area contributed by atoms with E-state index in [2.05, 4.69) is 218 Å². The molecule has 1 aliphatic heterocycles. The molecule has 0 spiro atoms. The van der Waals surface area contributed by atoms with Crippen molar-refractivity contribution in [1.29, 1.82) is 0 Å². The number of rotatable bonds is 5. The Morgan fingerprint density at radius 2 is 1.07 bits per heavy atom. The Morgan fingerprint density at radius 3 is 1.77 bits per heavy atom. The summed E-state index contributed by atoms with van der Waals surface area (Å²) in [5, 5.41) is 10.5. The van der Waals surface area contributed by atoms with E-state index in [0.29, 0.717) is 0 Å². The van der Waals surface area contributed by atoms with Crippen LogP contribution >= 0.6 is 22.7 Å². The lowest BCUT2D eigenvalue weighted by Gasteiger charge is -2.44. The van der Waals surface area contributed by atoms with Crippen LogP contribution in [0.4, 0.5) is 28.4 Å². The molecule has 2 aromatic heterocycles. The van der Waals surface area contributed by atoms with Crippen LogP contribution in [-0.4, -0.2) is 7.28 Å². The fourth-order valence-electron chi connectivity index (χ4n) is 12.7. The molecule has 2 nitrogen and oxygen atoms in total. The van der Waals surface area contributed by atoms with Crippen molar-refractivity contribution in [3.05, 3.63) is 173 Å². The van der Waals surface area contributed by atoms with Gasteiger partial charge in [-0.2, -0.15) is 0 Å². The largest absolute Gasteiger partial charge is 0.355 e. The lowest BCUT2D eigenvalue weighted by atomic mass is 9.61. The van der Waals surface area contributed by atoms with Crippen molar-refractivity contribution in [2.45, 2.75) is 110 Å². The molecular formula is C65H61BN2S2. The van der Waals surface area contributed by atoms with Crippen molar-refractivity contribution in [3.63, 3.8) is 0 Å². The molecule has 5 heteroatoms. The van der Waals surface area contributed by atoms with E-state index in [4.69, 9.17) is 0 Å². The summed E-state index contributed by atoms with van der Waals surface area (Å²) in [6, 6.07) is 55.6. The molecule has 70 heavy (non-hydrogen) atoms. The standard InChI is InChI=1S/C65H61BN2S2/c1-38-31-49-51(64(6,7)29-27-62(49,2)3)36-54(38)68-58-48-35-50-52(65(8,9)30-28-63(50,4)5)37-56(48)70-61(58)66-57-46(34-47-44-21-15-16-22-55(44)69-60(47)59(57)68)45-32-41-19-13-14-20-42(41)33-53(45)67-43-25-23-40(24-26-43)39-17-11-10-12-18-39/h10-26,31-37,66-67H,27-30H2,1-9H3. The van der Waals surface area contributed by atoms with E-state index in [1.54, 1.807) is 0 Å². The Bertz CT molecular complexity index is 3790. The average Bonchev–Trinajstić information content (AvgIpc) is 3.91. The maximum atomic E-state index is 4.01. The topological polar surface area (TPSA) is 15.3 Å². The maximum absolute atomic E-state index is 4.01. The van der Waals surface area contributed by atoms with E-state index in [1.165, 1.54) is 144 Å². The monoisotopic (exact) mass is 944 g/mol. The second-order valence-corrected chi connectivity index (χ2v) is 25.7. The van der Waals surface area contributed by atoms with Crippen LogP contribution in [0.15, 0.2) is 146 Å². The second-order valence-electron chi connectivity index (χ2n) is 23.5. The summed E-state index contributed by atoms with van der Waals surface area (Å²) in [6.07, 6.45) is 4.76. The van der Waals surface area contributed by atoms with Gasteiger partial charge in [0.05, 0.1) is 16.1 Å². The predicted octanol–water partition coefficient (Wildman–Crippen LogP) is 17.7. The first-order chi connectivity index (χ1) is 33.5. The van der Waals surface area contributed by atoms with Crippen molar-refractivity contribution < 1.29 is 0 Å². The Morgan fingerprint density at radius 1 is 0.486 bits per heavy atom. The number of fused-ring (bicyclic) bond motifs is 11. The molecule has 0 saturated carbocycles. The van der Waals surface area contributed by atoms with Gasteiger partial charge in [-0.3, -0.25) is 0 Å². The summed E-state index contributed by atoms with van der Waals surface area (Å²) in [7, 11) is 0.859. The zero-order valence-electron chi connectivity index (χ0n) is 42.2. The Kier molecular flexibility index (Phi) is 9.67. The molecule has 3 heterocycles. The molecule has 0 amide bonds. The highest BCUT2D eigenvalue weighted by atomic mass is 32.1. The van der Waals surface area contributed by atoms with Crippen LogP contribution in [0.2, 0.25) is 0 Å².